The number of hydrogen-bond acceptors (Lipinski definition) is 8. The molecule has 3 heterocycles. The van der Waals surface area contributed by atoms with Gasteiger partial charge in [-0.15, -0.1) is 0 Å². The Morgan fingerprint density at radius 2 is 2.30 bits per heavy atom. The highest BCUT2D eigenvalue weighted by molar-refractivity contribution is 6.06. The zero-order valence-corrected chi connectivity index (χ0v) is 9.96. The number of carbonyl (C=O) groups excluding carboxylic acids is 1. The van der Waals surface area contributed by atoms with E-state index in [1.54, 1.807) is 18.3 Å². The van der Waals surface area contributed by atoms with Crippen LogP contribution in [0.25, 0.3) is 5.82 Å². The quantitative estimate of drug-likeness (QED) is 0.672. The number of nitrogen functional groups attached to an aromatic ring is 1. The lowest BCUT2D eigenvalue weighted by atomic mass is 10.3. The van der Waals surface area contributed by atoms with Gasteiger partial charge in [0.15, 0.2) is 5.82 Å². The number of pyridine rings is 1. The third-order valence-corrected chi connectivity index (χ3v) is 2.40. The molecule has 1 amide bonds. The second-order valence-electron chi connectivity index (χ2n) is 3.67. The molecule has 0 unspecified atom stereocenters. The number of rotatable bonds is 3. The molecule has 3 rings (SSSR count). The third-order valence-electron chi connectivity index (χ3n) is 2.40. The van der Waals surface area contributed by atoms with Crippen LogP contribution in [0.1, 0.15) is 10.5 Å². The van der Waals surface area contributed by atoms with Crippen LogP contribution in [0.15, 0.2) is 35.6 Å². The number of nitrogens with two attached hydrogens (primary N) is 1. The predicted molar refractivity (Wildman–Crippen MR) is 65.8 cm³/mol. The standard InChI is InChI=1S/C10H8N8O2/c11-8-7(16-20-17-8)10(19)15-6-2-1-3-13-9(6)18-5-12-4-14-18/h1-5H,(H2,11,17)(H,15,19). The summed E-state index contributed by atoms with van der Waals surface area (Å²) < 4.78 is 5.79. The Morgan fingerprint density at radius 3 is 3.00 bits per heavy atom. The van der Waals surface area contributed by atoms with Gasteiger partial charge < -0.3 is 11.1 Å². The molecule has 0 fully saturated rings. The number of anilines is 2. The van der Waals surface area contributed by atoms with Crippen LogP contribution < -0.4 is 11.1 Å². The Kier molecular flexibility index (Phi) is 2.80. The Bertz CT molecular complexity index is 735. The van der Waals surface area contributed by atoms with Crippen LogP contribution in [0.5, 0.6) is 0 Å². The minimum Gasteiger partial charge on any atom is -0.379 e. The van der Waals surface area contributed by atoms with Crippen molar-refractivity contribution in [2.45, 2.75) is 0 Å². The summed E-state index contributed by atoms with van der Waals surface area (Å²) in [6, 6.07) is 3.33. The van der Waals surface area contributed by atoms with E-state index in [1.807, 2.05) is 0 Å². The van der Waals surface area contributed by atoms with Crippen LogP contribution in [-0.4, -0.2) is 36.0 Å². The minimum atomic E-state index is -0.557. The van der Waals surface area contributed by atoms with Gasteiger partial charge in [-0.05, 0) is 22.4 Å². The van der Waals surface area contributed by atoms with Gasteiger partial charge in [0.25, 0.3) is 5.91 Å². The summed E-state index contributed by atoms with van der Waals surface area (Å²) in [5.74, 6) is -0.236. The summed E-state index contributed by atoms with van der Waals surface area (Å²) in [6.07, 6.45) is 4.39. The lowest BCUT2D eigenvalue weighted by Crippen LogP contribution is -2.16. The van der Waals surface area contributed by atoms with Crippen LogP contribution in [-0.2, 0) is 0 Å². The summed E-state index contributed by atoms with van der Waals surface area (Å²) in [4.78, 5) is 19.9. The zero-order valence-electron chi connectivity index (χ0n) is 9.96. The maximum atomic E-state index is 12.0. The molecule has 0 radical (unpaired) electrons. The molecule has 3 N–H and O–H groups in total. The fourth-order valence-corrected chi connectivity index (χ4v) is 1.53. The first-order chi connectivity index (χ1) is 9.75. The lowest BCUT2D eigenvalue weighted by Gasteiger charge is -2.08. The van der Waals surface area contributed by atoms with Crippen molar-refractivity contribution in [2.75, 3.05) is 11.1 Å². The summed E-state index contributed by atoms with van der Waals surface area (Å²) in [6.45, 7) is 0. The Morgan fingerprint density at radius 1 is 1.40 bits per heavy atom. The first-order valence-electron chi connectivity index (χ1n) is 5.45. The third kappa shape index (κ3) is 2.05. The number of nitrogens with one attached hydrogen (secondary N) is 1. The molecule has 10 nitrogen and oxygen atoms in total. The molecule has 0 spiro atoms. The summed E-state index contributed by atoms with van der Waals surface area (Å²) in [5, 5.41) is 13.3. The number of carbonyl (C=O) groups is 1. The van der Waals surface area contributed by atoms with Gasteiger partial charge in [-0.3, -0.25) is 4.79 Å². The van der Waals surface area contributed by atoms with E-state index in [0.717, 1.165) is 0 Å². The Labute approximate surface area is 111 Å². The van der Waals surface area contributed by atoms with Crippen molar-refractivity contribution in [1.29, 1.82) is 0 Å². The topological polar surface area (TPSA) is 138 Å². The van der Waals surface area contributed by atoms with Crippen molar-refractivity contribution < 1.29 is 9.42 Å². The molecule has 0 aliphatic heterocycles. The van der Waals surface area contributed by atoms with E-state index in [9.17, 15) is 4.79 Å². The average Bonchev–Trinajstić information content (AvgIpc) is 3.10. The van der Waals surface area contributed by atoms with Crippen LogP contribution >= 0.6 is 0 Å². The number of hydrogen-bond donors (Lipinski definition) is 2. The van der Waals surface area contributed by atoms with Gasteiger partial charge in [0.1, 0.15) is 12.7 Å². The average molecular weight is 272 g/mol. The van der Waals surface area contributed by atoms with Crippen molar-refractivity contribution in [3.8, 4) is 5.82 Å². The molecular weight excluding hydrogens is 264 g/mol. The van der Waals surface area contributed by atoms with E-state index in [1.165, 1.54) is 17.3 Å². The summed E-state index contributed by atoms with van der Waals surface area (Å²) >= 11 is 0. The highest BCUT2D eigenvalue weighted by Crippen LogP contribution is 2.17. The van der Waals surface area contributed by atoms with Gasteiger partial charge >= 0.3 is 0 Å². The first kappa shape index (κ1) is 11.8. The maximum Gasteiger partial charge on any atom is 0.281 e. The Balaban J connectivity index is 1.92. The van der Waals surface area contributed by atoms with E-state index in [0.29, 0.717) is 11.5 Å². The second-order valence-corrected chi connectivity index (χ2v) is 3.67. The van der Waals surface area contributed by atoms with Gasteiger partial charge in [-0.25, -0.2) is 19.3 Å². The van der Waals surface area contributed by atoms with Crippen molar-refractivity contribution in [1.82, 2.24) is 30.1 Å². The normalized spacial score (nSPS) is 10.4. The van der Waals surface area contributed by atoms with Gasteiger partial charge in [0.2, 0.25) is 11.5 Å². The van der Waals surface area contributed by atoms with E-state index in [4.69, 9.17) is 5.73 Å². The molecular formula is C10H8N8O2. The molecule has 0 atom stereocenters. The largest absolute Gasteiger partial charge is 0.379 e. The van der Waals surface area contributed by atoms with Crippen LogP contribution in [0, 0.1) is 0 Å². The van der Waals surface area contributed by atoms with Crippen molar-refractivity contribution in [3.05, 3.63) is 36.7 Å². The van der Waals surface area contributed by atoms with E-state index < -0.39 is 5.91 Å². The lowest BCUT2D eigenvalue weighted by molar-refractivity contribution is 0.101. The number of amides is 1. The monoisotopic (exact) mass is 272 g/mol. The second kappa shape index (κ2) is 4.76. The minimum absolute atomic E-state index is 0.0892. The molecule has 0 saturated heterocycles. The molecule has 0 saturated carbocycles. The van der Waals surface area contributed by atoms with Crippen LogP contribution in [0.2, 0.25) is 0 Å². The van der Waals surface area contributed by atoms with E-state index in [-0.39, 0.29) is 11.5 Å². The molecule has 0 aliphatic rings. The highest BCUT2D eigenvalue weighted by Gasteiger charge is 2.18. The van der Waals surface area contributed by atoms with Gasteiger partial charge in [0, 0.05) is 6.20 Å². The Hall–Kier alpha value is -3.30. The van der Waals surface area contributed by atoms with Crippen LogP contribution in [0.4, 0.5) is 11.5 Å². The summed E-state index contributed by atoms with van der Waals surface area (Å²) in [7, 11) is 0. The highest BCUT2D eigenvalue weighted by atomic mass is 16.6. The molecule has 100 valence electrons. The first-order valence-corrected chi connectivity index (χ1v) is 5.45. The van der Waals surface area contributed by atoms with Gasteiger partial charge in [-0.2, -0.15) is 5.10 Å². The smallest absolute Gasteiger partial charge is 0.281 e. The predicted octanol–water partition coefficient (Wildman–Crippen LogP) is -0.120. The van der Waals surface area contributed by atoms with Crippen molar-refractivity contribution in [3.63, 3.8) is 0 Å². The fraction of sp³-hybridized carbons (Fsp3) is 0. The SMILES string of the molecule is Nc1nonc1C(=O)Nc1cccnc1-n1cncn1. The molecule has 0 aromatic carbocycles. The maximum absolute atomic E-state index is 12.0. The molecule has 3 aromatic heterocycles. The molecule has 0 aliphatic carbocycles. The molecule has 3 aromatic rings. The fourth-order valence-electron chi connectivity index (χ4n) is 1.53. The summed E-state index contributed by atoms with van der Waals surface area (Å²) in [5.41, 5.74) is 5.78. The molecule has 20 heavy (non-hydrogen) atoms. The van der Waals surface area contributed by atoms with E-state index in [2.05, 4.69) is 35.3 Å². The molecule has 0 bridgehead atoms. The van der Waals surface area contributed by atoms with Gasteiger partial charge in [0.05, 0.1) is 5.69 Å². The van der Waals surface area contributed by atoms with Gasteiger partial charge in [-0.1, -0.05) is 0 Å². The number of nitrogens with zero attached hydrogens (tertiary/aromatic N) is 6. The molecule has 10 heteroatoms. The van der Waals surface area contributed by atoms with Crippen molar-refractivity contribution >= 4 is 17.4 Å². The van der Waals surface area contributed by atoms with Crippen molar-refractivity contribution in [2.24, 2.45) is 0 Å². The van der Waals surface area contributed by atoms with E-state index >= 15 is 0 Å². The zero-order chi connectivity index (χ0) is 13.9. The van der Waals surface area contributed by atoms with Crippen LogP contribution in [0.3, 0.4) is 0 Å². The number of aromatic nitrogens is 6.